The molecule has 0 bridgehead atoms. The number of nitrogens with one attached hydrogen (secondary N) is 2. The zero-order chi connectivity index (χ0) is 12.3. The Bertz CT molecular complexity index is 373. The van der Waals surface area contributed by atoms with Crippen LogP contribution < -0.4 is 10.6 Å². The summed E-state index contributed by atoms with van der Waals surface area (Å²) >= 11 is 0. The Morgan fingerprint density at radius 3 is 3.06 bits per heavy atom. The Balaban J connectivity index is 1.93. The molecule has 0 saturated carbocycles. The molecule has 1 fully saturated rings. The van der Waals surface area contributed by atoms with E-state index in [1.54, 1.807) is 0 Å². The van der Waals surface area contributed by atoms with Crippen LogP contribution in [0, 0.1) is 12.3 Å². The monoisotopic (exact) mass is 233 g/mol. The number of piperidine rings is 1. The summed E-state index contributed by atoms with van der Waals surface area (Å²) < 4.78 is 0. The predicted octanol–water partition coefficient (Wildman–Crippen LogP) is 2.58. The molecule has 0 aromatic carbocycles. The molecule has 17 heavy (non-hydrogen) atoms. The number of pyridine rings is 1. The van der Waals surface area contributed by atoms with E-state index in [-0.39, 0.29) is 0 Å². The van der Waals surface area contributed by atoms with Gasteiger partial charge in [0.1, 0.15) is 5.82 Å². The van der Waals surface area contributed by atoms with Crippen LogP contribution in [0.15, 0.2) is 18.3 Å². The second-order valence-corrected chi connectivity index (χ2v) is 5.70. The number of hydrogen-bond acceptors (Lipinski definition) is 3. The van der Waals surface area contributed by atoms with Crippen molar-refractivity contribution in [3.05, 3.63) is 23.9 Å². The van der Waals surface area contributed by atoms with Gasteiger partial charge in [-0.1, -0.05) is 13.8 Å². The summed E-state index contributed by atoms with van der Waals surface area (Å²) in [6.07, 6.45) is 4.44. The van der Waals surface area contributed by atoms with E-state index in [1.165, 1.54) is 18.4 Å². The highest BCUT2D eigenvalue weighted by Gasteiger charge is 2.31. The normalized spacial score (nSPS) is 23.4. The summed E-state index contributed by atoms with van der Waals surface area (Å²) in [6, 6.07) is 4.64. The van der Waals surface area contributed by atoms with Crippen molar-refractivity contribution in [2.75, 3.05) is 18.4 Å². The predicted molar refractivity (Wildman–Crippen MR) is 72.3 cm³/mol. The number of anilines is 1. The van der Waals surface area contributed by atoms with Gasteiger partial charge in [0.2, 0.25) is 0 Å². The molecule has 0 amide bonds. The quantitative estimate of drug-likeness (QED) is 0.842. The minimum absolute atomic E-state index is 0.370. The van der Waals surface area contributed by atoms with E-state index >= 15 is 0 Å². The molecule has 3 nitrogen and oxygen atoms in total. The summed E-state index contributed by atoms with van der Waals surface area (Å²) in [5.74, 6) is 0.980. The van der Waals surface area contributed by atoms with Crippen LogP contribution in [0.1, 0.15) is 32.3 Å². The van der Waals surface area contributed by atoms with Gasteiger partial charge in [-0.2, -0.15) is 0 Å². The fourth-order valence-electron chi connectivity index (χ4n) is 2.46. The van der Waals surface area contributed by atoms with Crippen molar-refractivity contribution in [1.82, 2.24) is 10.3 Å². The Hall–Kier alpha value is -1.09. The Labute approximate surface area is 104 Å². The highest BCUT2D eigenvalue weighted by molar-refractivity contribution is 5.37. The topological polar surface area (TPSA) is 37.0 Å². The molecule has 1 aromatic heterocycles. The third-order valence-electron chi connectivity index (χ3n) is 3.73. The SMILES string of the molecule is Cc1ccnc(NCC2NCCCC2(C)C)c1. The van der Waals surface area contributed by atoms with Crippen LogP contribution >= 0.6 is 0 Å². The first-order chi connectivity index (χ1) is 8.08. The Kier molecular flexibility index (Phi) is 3.67. The highest BCUT2D eigenvalue weighted by Crippen LogP contribution is 2.30. The van der Waals surface area contributed by atoms with Gasteiger partial charge >= 0.3 is 0 Å². The van der Waals surface area contributed by atoms with Crippen molar-refractivity contribution in [1.29, 1.82) is 0 Å². The lowest BCUT2D eigenvalue weighted by Gasteiger charge is -2.39. The molecule has 1 unspecified atom stereocenters. The van der Waals surface area contributed by atoms with Gasteiger partial charge in [0.15, 0.2) is 0 Å². The molecule has 0 aliphatic carbocycles. The number of aromatic nitrogens is 1. The van der Waals surface area contributed by atoms with Crippen LogP contribution in [0.3, 0.4) is 0 Å². The second kappa shape index (κ2) is 5.05. The summed E-state index contributed by atoms with van der Waals surface area (Å²) in [6.45, 7) is 8.86. The lowest BCUT2D eigenvalue weighted by atomic mass is 9.77. The van der Waals surface area contributed by atoms with E-state index in [0.29, 0.717) is 11.5 Å². The molecule has 1 aromatic rings. The van der Waals surface area contributed by atoms with Gasteiger partial charge in [0.25, 0.3) is 0 Å². The van der Waals surface area contributed by atoms with Crippen LogP contribution in [-0.2, 0) is 0 Å². The largest absolute Gasteiger partial charge is 0.368 e. The number of rotatable bonds is 3. The van der Waals surface area contributed by atoms with Crippen LogP contribution in [0.5, 0.6) is 0 Å². The molecule has 3 heteroatoms. The third-order valence-corrected chi connectivity index (χ3v) is 3.73. The molecule has 0 spiro atoms. The zero-order valence-electron chi connectivity index (χ0n) is 11.1. The molecular weight excluding hydrogens is 210 g/mol. The van der Waals surface area contributed by atoms with Gasteiger partial charge in [0.05, 0.1) is 0 Å². The van der Waals surface area contributed by atoms with Gasteiger partial charge < -0.3 is 10.6 Å². The molecule has 2 rings (SSSR count). The highest BCUT2D eigenvalue weighted by atomic mass is 15.0. The van der Waals surface area contributed by atoms with Crippen molar-refractivity contribution in [3.63, 3.8) is 0 Å². The average Bonchev–Trinajstić information content (AvgIpc) is 2.27. The third kappa shape index (κ3) is 3.19. The summed E-state index contributed by atoms with van der Waals surface area (Å²) in [5, 5.41) is 7.04. The van der Waals surface area contributed by atoms with E-state index in [1.807, 2.05) is 12.3 Å². The Morgan fingerprint density at radius 1 is 1.53 bits per heavy atom. The molecule has 1 atom stereocenters. The van der Waals surface area contributed by atoms with E-state index in [0.717, 1.165) is 18.9 Å². The summed E-state index contributed by atoms with van der Waals surface area (Å²) in [5.41, 5.74) is 1.62. The summed E-state index contributed by atoms with van der Waals surface area (Å²) in [4.78, 5) is 4.33. The lowest BCUT2D eigenvalue weighted by molar-refractivity contribution is 0.188. The van der Waals surface area contributed by atoms with Crippen LogP contribution in [0.4, 0.5) is 5.82 Å². The number of nitrogens with zero attached hydrogens (tertiary/aromatic N) is 1. The van der Waals surface area contributed by atoms with Gasteiger partial charge in [-0.15, -0.1) is 0 Å². The van der Waals surface area contributed by atoms with E-state index in [2.05, 4.69) is 42.5 Å². The molecule has 94 valence electrons. The van der Waals surface area contributed by atoms with Gasteiger partial charge in [0, 0.05) is 18.8 Å². The summed E-state index contributed by atoms with van der Waals surface area (Å²) in [7, 11) is 0. The molecule has 2 N–H and O–H groups in total. The molecule has 1 saturated heterocycles. The molecule has 1 aliphatic rings. The fraction of sp³-hybridized carbons (Fsp3) is 0.643. The average molecular weight is 233 g/mol. The fourth-order valence-corrected chi connectivity index (χ4v) is 2.46. The number of hydrogen-bond donors (Lipinski definition) is 2. The van der Waals surface area contributed by atoms with Crippen molar-refractivity contribution < 1.29 is 0 Å². The minimum Gasteiger partial charge on any atom is -0.368 e. The molecular formula is C14H23N3. The van der Waals surface area contributed by atoms with E-state index in [4.69, 9.17) is 0 Å². The van der Waals surface area contributed by atoms with Crippen molar-refractivity contribution >= 4 is 5.82 Å². The molecule has 2 heterocycles. The first kappa shape index (κ1) is 12.4. The van der Waals surface area contributed by atoms with Gasteiger partial charge in [-0.25, -0.2) is 4.98 Å². The molecule has 1 aliphatic heterocycles. The number of aryl methyl sites for hydroxylation is 1. The van der Waals surface area contributed by atoms with Crippen molar-refractivity contribution in [2.24, 2.45) is 5.41 Å². The van der Waals surface area contributed by atoms with Gasteiger partial charge in [-0.3, -0.25) is 0 Å². The maximum atomic E-state index is 4.33. The standard InChI is InChI=1S/C14H23N3/c1-11-5-8-16-13(9-11)17-10-12-14(2,3)6-4-7-15-12/h5,8-9,12,15H,4,6-7,10H2,1-3H3,(H,16,17). The Morgan fingerprint density at radius 2 is 2.35 bits per heavy atom. The lowest BCUT2D eigenvalue weighted by Crippen LogP contribution is -2.50. The first-order valence-electron chi connectivity index (χ1n) is 6.48. The van der Waals surface area contributed by atoms with Crippen molar-refractivity contribution in [2.45, 2.75) is 39.7 Å². The van der Waals surface area contributed by atoms with E-state index in [9.17, 15) is 0 Å². The van der Waals surface area contributed by atoms with Crippen LogP contribution in [0.25, 0.3) is 0 Å². The van der Waals surface area contributed by atoms with Crippen LogP contribution in [-0.4, -0.2) is 24.1 Å². The van der Waals surface area contributed by atoms with Crippen LogP contribution in [0.2, 0.25) is 0 Å². The minimum atomic E-state index is 0.370. The maximum absolute atomic E-state index is 4.33. The zero-order valence-corrected chi connectivity index (χ0v) is 11.1. The van der Waals surface area contributed by atoms with E-state index < -0.39 is 0 Å². The van der Waals surface area contributed by atoms with Crippen molar-refractivity contribution in [3.8, 4) is 0 Å². The molecule has 0 radical (unpaired) electrons. The maximum Gasteiger partial charge on any atom is 0.126 e. The smallest absolute Gasteiger partial charge is 0.126 e. The first-order valence-corrected chi connectivity index (χ1v) is 6.48. The van der Waals surface area contributed by atoms with Gasteiger partial charge in [-0.05, 0) is 49.4 Å². The second-order valence-electron chi connectivity index (χ2n) is 5.70.